The van der Waals surface area contributed by atoms with E-state index in [0.29, 0.717) is 18.6 Å². The molecule has 2 unspecified atom stereocenters. The van der Waals surface area contributed by atoms with Gasteiger partial charge in [0.05, 0.1) is 6.54 Å². The van der Waals surface area contributed by atoms with Gasteiger partial charge in [-0.3, -0.25) is 9.69 Å². The molecule has 1 saturated heterocycles. The highest BCUT2D eigenvalue weighted by molar-refractivity contribution is 5.85. The quantitative estimate of drug-likeness (QED) is 0.899. The van der Waals surface area contributed by atoms with Crippen LogP contribution < -0.4 is 5.32 Å². The lowest BCUT2D eigenvalue weighted by atomic mass is 10.00. The van der Waals surface area contributed by atoms with E-state index < -0.39 is 0 Å². The van der Waals surface area contributed by atoms with Crippen molar-refractivity contribution >= 4 is 18.3 Å². The Morgan fingerprint density at radius 3 is 2.50 bits per heavy atom. The number of benzene rings is 1. The van der Waals surface area contributed by atoms with E-state index in [4.69, 9.17) is 0 Å². The Bertz CT molecular complexity index is 512. The van der Waals surface area contributed by atoms with Gasteiger partial charge in [-0.15, -0.1) is 12.4 Å². The summed E-state index contributed by atoms with van der Waals surface area (Å²) in [5, 5.41) is 3.51. The van der Waals surface area contributed by atoms with Crippen LogP contribution in [-0.4, -0.2) is 54.0 Å². The maximum absolute atomic E-state index is 12.6. The van der Waals surface area contributed by atoms with Gasteiger partial charge < -0.3 is 10.2 Å². The van der Waals surface area contributed by atoms with Gasteiger partial charge in [0.2, 0.25) is 5.91 Å². The minimum atomic E-state index is 0. The summed E-state index contributed by atoms with van der Waals surface area (Å²) >= 11 is 0. The van der Waals surface area contributed by atoms with Crippen molar-refractivity contribution in [3.63, 3.8) is 0 Å². The molecule has 0 bridgehead atoms. The van der Waals surface area contributed by atoms with Crippen molar-refractivity contribution in [1.29, 1.82) is 0 Å². The molecule has 2 heterocycles. The van der Waals surface area contributed by atoms with Crippen LogP contribution in [0.5, 0.6) is 0 Å². The molecule has 1 aromatic carbocycles. The minimum absolute atomic E-state index is 0. The van der Waals surface area contributed by atoms with E-state index in [9.17, 15) is 4.79 Å². The predicted molar refractivity (Wildman–Crippen MR) is 91.3 cm³/mol. The van der Waals surface area contributed by atoms with Crippen LogP contribution in [0.3, 0.4) is 0 Å². The van der Waals surface area contributed by atoms with Gasteiger partial charge in [-0.05, 0) is 31.4 Å². The number of rotatable bonds is 2. The molecule has 0 aromatic heterocycles. The molecule has 22 heavy (non-hydrogen) atoms. The summed E-state index contributed by atoms with van der Waals surface area (Å²) < 4.78 is 0. The zero-order valence-corrected chi connectivity index (χ0v) is 14.2. The van der Waals surface area contributed by atoms with Crippen molar-refractivity contribution in [2.75, 3.05) is 26.2 Å². The molecule has 1 fully saturated rings. The van der Waals surface area contributed by atoms with Gasteiger partial charge in [-0.2, -0.15) is 0 Å². The Morgan fingerprint density at radius 2 is 1.82 bits per heavy atom. The molecule has 1 N–H and O–H groups in total. The summed E-state index contributed by atoms with van der Waals surface area (Å²) in [6.45, 7) is 8.47. The lowest BCUT2D eigenvalue weighted by Gasteiger charge is -2.37. The van der Waals surface area contributed by atoms with Crippen LogP contribution in [0.4, 0.5) is 0 Å². The normalized spacial score (nSPS) is 25.3. The molecule has 5 heteroatoms. The fourth-order valence-electron chi connectivity index (χ4n) is 3.57. The van der Waals surface area contributed by atoms with Crippen LogP contribution in [0, 0.1) is 0 Å². The SMILES string of the molecule is CC1CN(CC(=O)N2CCc3ccccc3C2)CC(C)N1.Cl. The maximum atomic E-state index is 12.6. The van der Waals surface area contributed by atoms with Gasteiger partial charge in [0.1, 0.15) is 0 Å². The molecule has 0 radical (unpaired) electrons. The van der Waals surface area contributed by atoms with Crippen LogP contribution in [0.25, 0.3) is 0 Å². The summed E-state index contributed by atoms with van der Waals surface area (Å²) in [6.07, 6.45) is 0.982. The monoisotopic (exact) mass is 323 g/mol. The smallest absolute Gasteiger partial charge is 0.237 e. The molecule has 2 aliphatic heterocycles. The van der Waals surface area contributed by atoms with Crippen LogP contribution >= 0.6 is 12.4 Å². The van der Waals surface area contributed by atoms with E-state index in [1.54, 1.807) is 0 Å². The molecule has 122 valence electrons. The van der Waals surface area contributed by atoms with Gasteiger partial charge in [-0.1, -0.05) is 24.3 Å². The van der Waals surface area contributed by atoms with E-state index in [2.05, 4.69) is 48.3 Å². The summed E-state index contributed by atoms with van der Waals surface area (Å²) in [4.78, 5) is 16.9. The third-order valence-corrected chi connectivity index (χ3v) is 4.48. The Balaban J connectivity index is 0.00000176. The predicted octanol–water partition coefficient (Wildman–Crippen LogP) is 1.68. The maximum Gasteiger partial charge on any atom is 0.237 e. The first kappa shape index (κ1) is 17.3. The van der Waals surface area contributed by atoms with E-state index >= 15 is 0 Å². The molecule has 0 aliphatic carbocycles. The van der Waals surface area contributed by atoms with Gasteiger partial charge in [0.15, 0.2) is 0 Å². The lowest BCUT2D eigenvalue weighted by Crippen LogP contribution is -2.56. The second-order valence-corrected chi connectivity index (χ2v) is 6.50. The third kappa shape index (κ3) is 4.00. The van der Waals surface area contributed by atoms with Crippen molar-refractivity contribution in [2.45, 2.75) is 38.9 Å². The number of nitrogens with zero attached hydrogens (tertiary/aromatic N) is 2. The number of carbonyl (C=O) groups is 1. The Kier molecular flexibility index (Phi) is 5.84. The minimum Gasteiger partial charge on any atom is -0.337 e. The standard InChI is InChI=1S/C17H25N3O.ClH/c1-13-9-19(10-14(2)18-13)12-17(21)20-8-7-15-5-3-4-6-16(15)11-20;/h3-6,13-14,18H,7-12H2,1-2H3;1H. The topological polar surface area (TPSA) is 35.6 Å². The average Bonchev–Trinajstić information content (AvgIpc) is 2.45. The zero-order chi connectivity index (χ0) is 14.8. The van der Waals surface area contributed by atoms with Gasteiger partial charge in [0, 0.05) is 38.3 Å². The van der Waals surface area contributed by atoms with Gasteiger partial charge in [-0.25, -0.2) is 0 Å². The fourth-order valence-corrected chi connectivity index (χ4v) is 3.57. The third-order valence-electron chi connectivity index (χ3n) is 4.48. The van der Waals surface area contributed by atoms with Crippen molar-refractivity contribution < 1.29 is 4.79 Å². The first-order chi connectivity index (χ1) is 10.1. The second-order valence-electron chi connectivity index (χ2n) is 6.50. The summed E-state index contributed by atoms with van der Waals surface area (Å²) in [5.74, 6) is 0.269. The molecule has 0 saturated carbocycles. The molecule has 2 aliphatic rings. The van der Waals surface area contributed by atoms with E-state index in [0.717, 1.165) is 32.6 Å². The highest BCUT2D eigenvalue weighted by Gasteiger charge is 2.26. The van der Waals surface area contributed by atoms with Crippen LogP contribution in [0.15, 0.2) is 24.3 Å². The van der Waals surface area contributed by atoms with Crippen LogP contribution in [0.2, 0.25) is 0 Å². The number of hydrogen-bond acceptors (Lipinski definition) is 3. The van der Waals surface area contributed by atoms with Gasteiger partial charge >= 0.3 is 0 Å². The molecular formula is C17H26ClN3O. The highest BCUT2D eigenvalue weighted by atomic mass is 35.5. The number of carbonyl (C=O) groups excluding carboxylic acids is 1. The van der Waals surface area contributed by atoms with Crippen LogP contribution in [-0.2, 0) is 17.8 Å². The summed E-state index contributed by atoms with van der Waals surface area (Å²) in [7, 11) is 0. The van der Waals surface area contributed by atoms with Crippen molar-refractivity contribution in [3.8, 4) is 0 Å². The highest BCUT2D eigenvalue weighted by Crippen LogP contribution is 2.18. The first-order valence-corrected chi connectivity index (χ1v) is 7.95. The summed E-state index contributed by atoms with van der Waals surface area (Å²) in [6, 6.07) is 9.39. The number of piperazine rings is 1. The van der Waals surface area contributed by atoms with E-state index in [1.165, 1.54) is 11.1 Å². The molecule has 2 atom stereocenters. The molecule has 4 nitrogen and oxygen atoms in total. The van der Waals surface area contributed by atoms with Gasteiger partial charge in [0.25, 0.3) is 0 Å². The zero-order valence-electron chi connectivity index (χ0n) is 13.4. The first-order valence-electron chi connectivity index (χ1n) is 7.95. The number of amides is 1. The Hall–Kier alpha value is -1.10. The fraction of sp³-hybridized carbons (Fsp3) is 0.588. The second kappa shape index (κ2) is 7.44. The molecule has 1 aromatic rings. The number of halogens is 1. The Morgan fingerprint density at radius 1 is 1.18 bits per heavy atom. The molecular weight excluding hydrogens is 298 g/mol. The number of fused-ring (bicyclic) bond motifs is 1. The van der Waals surface area contributed by atoms with Crippen molar-refractivity contribution in [2.24, 2.45) is 0 Å². The van der Waals surface area contributed by atoms with E-state index in [-0.39, 0.29) is 18.3 Å². The Labute approximate surface area is 139 Å². The number of nitrogens with one attached hydrogen (secondary N) is 1. The largest absolute Gasteiger partial charge is 0.337 e. The average molecular weight is 324 g/mol. The number of hydrogen-bond donors (Lipinski definition) is 1. The van der Waals surface area contributed by atoms with Crippen molar-refractivity contribution in [3.05, 3.63) is 35.4 Å². The summed E-state index contributed by atoms with van der Waals surface area (Å²) in [5.41, 5.74) is 2.70. The van der Waals surface area contributed by atoms with E-state index in [1.807, 2.05) is 4.90 Å². The molecule has 0 spiro atoms. The molecule has 1 amide bonds. The van der Waals surface area contributed by atoms with Crippen LogP contribution in [0.1, 0.15) is 25.0 Å². The van der Waals surface area contributed by atoms with Crippen molar-refractivity contribution in [1.82, 2.24) is 15.1 Å². The molecule has 3 rings (SSSR count). The lowest BCUT2D eigenvalue weighted by molar-refractivity contribution is -0.133.